The molecule has 0 amide bonds. The second-order valence-corrected chi connectivity index (χ2v) is 3.46. The van der Waals surface area contributed by atoms with Gasteiger partial charge in [0, 0.05) is 19.1 Å². The fourth-order valence-electron chi connectivity index (χ4n) is 2.34. The highest BCUT2D eigenvalue weighted by Gasteiger charge is 2.31. The molecule has 2 aliphatic rings. The lowest BCUT2D eigenvalue weighted by Gasteiger charge is -2.13. The molecule has 2 heteroatoms. The average molecular weight is 152 g/mol. The van der Waals surface area contributed by atoms with E-state index in [1.165, 1.54) is 32.4 Å². The lowest BCUT2D eigenvalue weighted by molar-refractivity contribution is 0.338. The molecule has 2 aliphatic heterocycles. The van der Waals surface area contributed by atoms with Gasteiger partial charge in [-0.2, -0.15) is 0 Å². The second kappa shape index (κ2) is 2.95. The summed E-state index contributed by atoms with van der Waals surface area (Å²) in [6, 6.07) is 0.776. The smallest absolute Gasteiger partial charge is 0.0309 e. The highest BCUT2D eigenvalue weighted by molar-refractivity contribution is 5.18. The van der Waals surface area contributed by atoms with E-state index in [0.29, 0.717) is 0 Å². The van der Waals surface area contributed by atoms with Gasteiger partial charge in [-0.05, 0) is 25.8 Å². The Hall–Kier alpha value is -0.340. The minimum Gasteiger partial charge on any atom is -0.327 e. The highest BCUT2D eigenvalue weighted by Crippen LogP contribution is 2.31. The van der Waals surface area contributed by atoms with Gasteiger partial charge < -0.3 is 5.73 Å². The van der Waals surface area contributed by atoms with E-state index in [1.54, 1.807) is 5.57 Å². The van der Waals surface area contributed by atoms with Gasteiger partial charge in [-0.25, -0.2) is 0 Å². The van der Waals surface area contributed by atoms with Crippen LogP contribution >= 0.6 is 0 Å². The first-order valence-corrected chi connectivity index (χ1v) is 4.55. The summed E-state index contributed by atoms with van der Waals surface area (Å²) in [5, 5.41) is 0. The standard InChI is InChI=1S/C9H16N2/c10-5-3-8-4-7-11-6-1-2-9(8)11/h3,9H,1-2,4-7,10H2/b8-3-. The van der Waals surface area contributed by atoms with Crippen LogP contribution in [0.4, 0.5) is 0 Å². The van der Waals surface area contributed by atoms with Gasteiger partial charge in [0.2, 0.25) is 0 Å². The van der Waals surface area contributed by atoms with Gasteiger partial charge in [0.05, 0.1) is 0 Å². The van der Waals surface area contributed by atoms with Crippen LogP contribution < -0.4 is 5.73 Å². The molecule has 0 aromatic rings. The van der Waals surface area contributed by atoms with Crippen LogP contribution in [0.25, 0.3) is 0 Å². The molecule has 1 atom stereocenters. The molecule has 2 heterocycles. The summed E-state index contributed by atoms with van der Waals surface area (Å²) in [5.74, 6) is 0. The predicted octanol–water partition coefficient (Wildman–Crippen LogP) is 0.740. The van der Waals surface area contributed by atoms with Gasteiger partial charge in [-0.3, -0.25) is 4.90 Å². The van der Waals surface area contributed by atoms with E-state index in [9.17, 15) is 0 Å². The molecule has 0 radical (unpaired) electrons. The third-order valence-corrected chi connectivity index (χ3v) is 2.86. The summed E-state index contributed by atoms with van der Waals surface area (Å²) < 4.78 is 0. The first kappa shape index (κ1) is 7.32. The van der Waals surface area contributed by atoms with Crippen LogP contribution in [0.3, 0.4) is 0 Å². The monoisotopic (exact) mass is 152 g/mol. The van der Waals surface area contributed by atoms with Crippen molar-refractivity contribution in [1.82, 2.24) is 4.90 Å². The largest absolute Gasteiger partial charge is 0.327 e. The second-order valence-electron chi connectivity index (χ2n) is 3.46. The van der Waals surface area contributed by atoms with Crippen molar-refractivity contribution < 1.29 is 0 Å². The van der Waals surface area contributed by atoms with Gasteiger partial charge in [0.25, 0.3) is 0 Å². The molecule has 0 aromatic carbocycles. The molecule has 0 saturated carbocycles. The van der Waals surface area contributed by atoms with Crippen LogP contribution in [-0.4, -0.2) is 30.6 Å². The normalized spacial score (nSPS) is 35.0. The molecule has 0 bridgehead atoms. The van der Waals surface area contributed by atoms with Crippen molar-refractivity contribution in [2.24, 2.45) is 5.73 Å². The number of nitrogens with zero attached hydrogens (tertiary/aromatic N) is 1. The van der Waals surface area contributed by atoms with Crippen molar-refractivity contribution in [1.29, 1.82) is 0 Å². The molecule has 11 heavy (non-hydrogen) atoms. The van der Waals surface area contributed by atoms with Crippen LogP contribution in [0.5, 0.6) is 0 Å². The number of hydrogen-bond donors (Lipinski definition) is 1. The maximum absolute atomic E-state index is 5.50. The maximum atomic E-state index is 5.50. The zero-order valence-electron chi connectivity index (χ0n) is 6.92. The molecular formula is C9H16N2. The lowest BCUT2D eigenvalue weighted by atomic mass is 10.1. The Bertz CT molecular complexity index is 174. The van der Waals surface area contributed by atoms with Crippen LogP contribution in [0.15, 0.2) is 11.6 Å². The van der Waals surface area contributed by atoms with Crippen molar-refractivity contribution in [3.05, 3.63) is 11.6 Å². The SMILES string of the molecule is NC/C=C1/CCN2CCCC12. The fourth-order valence-corrected chi connectivity index (χ4v) is 2.34. The van der Waals surface area contributed by atoms with Gasteiger partial charge >= 0.3 is 0 Å². The first-order chi connectivity index (χ1) is 5.42. The van der Waals surface area contributed by atoms with Crippen molar-refractivity contribution in [3.8, 4) is 0 Å². The van der Waals surface area contributed by atoms with E-state index in [2.05, 4.69) is 11.0 Å². The van der Waals surface area contributed by atoms with Crippen molar-refractivity contribution in [3.63, 3.8) is 0 Å². The number of rotatable bonds is 1. The van der Waals surface area contributed by atoms with E-state index >= 15 is 0 Å². The minimum atomic E-state index is 0.722. The summed E-state index contributed by atoms with van der Waals surface area (Å²) in [6.07, 6.45) is 6.23. The van der Waals surface area contributed by atoms with Crippen LogP contribution in [0.2, 0.25) is 0 Å². The Morgan fingerprint density at radius 3 is 3.27 bits per heavy atom. The Kier molecular flexibility index (Phi) is 1.96. The highest BCUT2D eigenvalue weighted by atomic mass is 15.2. The molecule has 2 saturated heterocycles. The molecule has 62 valence electrons. The van der Waals surface area contributed by atoms with E-state index in [0.717, 1.165) is 12.6 Å². The summed E-state index contributed by atoms with van der Waals surface area (Å²) in [7, 11) is 0. The fraction of sp³-hybridized carbons (Fsp3) is 0.778. The van der Waals surface area contributed by atoms with Gasteiger partial charge in [-0.1, -0.05) is 11.6 Å². The average Bonchev–Trinajstić information content (AvgIpc) is 2.53. The molecule has 0 spiro atoms. The predicted molar refractivity (Wildman–Crippen MR) is 46.3 cm³/mol. The van der Waals surface area contributed by atoms with E-state index in [1.807, 2.05) is 0 Å². The van der Waals surface area contributed by atoms with Crippen LogP contribution in [-0.2, 0) is 0 Å². The third kappa shape index (κ3) is 1.21. The van der Waals surface area contributed by atoms with Crippen LogP contribution in [0, 0.1) is 0 Å². The van der Waals surface area contributed by atoms with Crippen molar-refractivity contribution in [2.75, 3.05) is 19.6 Å². The summed E-state index contributed by atoms with van der Waals surface area (Å²) in [5.41, 5.74) is 7.10. The molecule has 2 nitrogen and oxygen atoms in total. The first-order valence-electron chi connectivity index (χ1n) is 4.55. The molecular weight excluding hydrogens is 136 g/mol. The maximum Gasteiger partial charge on any atom is 0.0309 e. The van der Waals surface area contributed by atoms with Gasteiger partial charge in [0.1, 0.15) is 0 Å². The Balaban J connectivity index is 2.08. The Morgan fingerprint density at radius 2 is 2.45 bits per heavy atom. The van der Waals surface area contributed by atoms with Crippen molar-refractivity contribution >= 4 is 0 Å². The molecule has 2 rings (SSSR count). The summed E-state index contributed by atoms with van der Waals surface area (Å²) >= 11 is 0. The van der Waals surface area contributed by atoms with E-state index in [-0.39, 0.29) is 0 Å². The Morgan fingerprint density at radius 1 is 1.55 bits per heavy atom. The zero-order chi connectivity index (χ0) is 7.68. The van der Waals surface area contributed by atoms with Gasteiger partial charge in [0.15, 0.2) is 0 Å². The van der Waals surface area contributed by atoms with E-state index < -0.39 is 0 Å². The molecule has 1 unspecified atom stereocenters. The molecule has 2 fully saturated rings. The third-order valence-electron chi connectivity index (χ3n) is 2.86. The van der Waals surface area contributed by atoms with Crippen molar-refractivity contribution in [2.45, 2.75) is 25.3 Å². The minimum absolute atomic E-state index is 0.722. The van der Waals surface area contributed by atoms with Gasteiger partial charge in [-0.15, -0.1) is 0 Å². The van der Waals surface area contributed by atoms with Crippen LogP contribution in [0.1, 0.15) is 19.3 Å². The van der Waals surface area contributed by atoms with E-state index in [4.69, 9.17) is 5.73 Å². The Labute approximate surface area is 68.1 Å². The number of hydrogen-bond acceptors (Lipinski definition) is 2. The summed E-state index contributed by atoms with van der Waals surface area (Å²) in [6.45, 7) is 3.31. The lowest BCUT2D eigenvalue weighted by Crippen LogP contribution is -2.22. The zero-order valence-corrected chi connectivity index (χ0v) is 6.92. The summed E-state index contributed by atoms with van der Waals surface area (Å²) in [4.78, 5) is 2.58. The molecule has 0 aliphatic carbocycles. The quantitative estimate of drug-likeness (QED) is 0.561. The molecule has 0 aromatic heterocycles. The number of fused-ring (bicyclic) bond motifs is 1. The number of nitrogens with two attached hydrogens (primary N) is 1. The molecule has 2 N–H and O–H groups in total. The topological polar surface area (TPSA) is 29.3 Å².